The molecule has 0 atom stereocenters. The first-order chi connectivity index (χ1) is 6.61. The van der Waals surface area contributed by atoms with Crippen LogP contribution >= 0.6 is 0 Å². The number of ketones is 2. The summed E-state index contributed by atoms with van der Waals surface area (Å²) in [5.41, 5.74) is 1.46. The highest BCUT2D eigenvalue weighted by molar-refractivity contribution is 6.48. The van der Waals surface area contributed by atoms with Gasteiger partial charge in [-0.15, -0.1) is 0 Å². The lowest BCUT2D eigenvalue weighted by Gasteiger charge is -2.03. The van der Waals surface area contributed by atoms with Gasteiger partial charge in [0.25, 0.3) is 0 Å². The Morgan fingerprint density at radius 1 is 1.50 bits per heavy atom. The third-order valence-corrected chi connectivity index (χ3v) is 1.80. The summed E-state index contributed by atoms with van der Waals surface area (Å²) in [6.45, 7) is 5.57. The summed E-state index contributed by atoms with van der Waals surface area (Å²) in [7, 11) is 0. The molecular formula is C12H12O2. The molecule has 0 radical (unpaired) electrons. The van der Waals surface area contributed by atoms with Gasteiger partial charge in [0.2, 0.25) is 11.6 Å². The van der Waals surface area contributed by atoms with Crippen molar-refractivity contribution in [3.05, 3.63) is 48.1 Å². The van der Waals surface area contributed by atoms with Gasteiger partial charge in [0.1, 0.15) is 0 Å². The van der Waals surface area contributed by atoms with Crippen molar-refractivity contribution in [2.75, 3.05) is 0 Å². The fraction of sp³-hybridized carbons (Fsp3) is 0.167. The first-order valence-electron chi connectivity index (χ1n) is 4.39. The van der Waals surface area contributed by atoms with E-state index in [2.05, 4.69) is 6.58 Å². The molecule has 0 N–H and O–H groups in total. The molecule has 0 bridgehead atoms. The topological polar surface area (TPSA) is 34.1 Å². The van der Waals surface area contributed by atoms with Crippen LogP contribution < -0.4 is 0 Å². The van der Waals surface area contributed by atoms with Gasteiger partial charge >= 0.3 is 0 Å². The summed E-state index contributed by atoms with van der Waals surface area (Å²) in [6.07, 6.45) is 8.71. The predicted molar refractivity (Wildman–Crippen MR) is 55.8 cm³/mol. The molecule has 0 heterocycles. The Labute approximate surface area is 83.3 Å². The molecule has 0 aromatic carbocycles. The van der Waals surface area contributed by atoms with E-state index in [0.717, 1.165) is 5.57 Å². The lowest BCUT2D eigenvalue weighted by Crippen LogP contribution is -2.15. The second-order valence-corrected chi connectivity index (χ2v) is 3.20. The minimum Gasteiger partial charge on any atom is -0.286 e. The van der Waals surface area contributed by atoms with Gasteiger partial charge in [-0.05, 0) is 19.4 Å². The maximum Gasteiger partial charge on any atom is 0.229 e. The second kappa shape index (κ2) is 4.51. The van der Waals surface area contributed by atoms with Crippen LogP contribution in [0.2, 0.25) is 0 Å². The van der Waals surface area contributed by atoms with E-state index in [1.165, 1.54) is 6.08 Å². The predicted octanol–water partition coefficient (Wildman–Crippen LogP) is 2.14. The molecule has 0 amide bonds. The monoisotopic (exact) mass is 188 g/mol. The van der Waals surface area contributed by atoms with Crippen LogP contribution in [0.3, 0.4) is 0 Å². The molecule has 1 rings (SSSR count). The standard InChI is InChI=1S/C12H12O2/c1-9(2)5-3-6-10-7-4-8-11(13)12(10)14/h3-5,7-8H,1,6H2,2H3. The van der Waals surface area contributed by atoms with Crippen LogP contribution in [0.4, 0.5) is 0 Å². The van der Waals surface area contributed by atoms with E-state index in [1.807, 2.05) is 19.1 Å². The van der Waals surface area contributed by atoms with Crippen LogP contribution in [0.25, 0.3) is 0 Å². The third-order valence-electron chi connectivity index (χ3n) is 1.80. The maximum atomic E-state index is 11.3. The van der Waals surface area contributed by atoms with E-state index in [9.17, 15) is 9.59 Å². The molecule has 14 heavy (non-hydrogen) atoms. The van der Waals surface area contributed by atoms with E-state index in [0.29, 0.717) is 12.0 Å². The van der Waals surface area contributed by atoms with E-state index >= 15 is 0 Å². The number of carbonyl (C=O) groups excluding carboxylic acids is 2. The Morgan fingerprint density at radius 2 is 2.21 bits per heavy atom. The van der Waals surface area contributed by atoms with Crippen LogP contribution in [0.1, 0.15) is 13.3 Å². The average molecular weight is 188 g/mol. The van der Waals surface area contributed by atoms with Gasteiger partial charge in [-0.2, -0.15) is 0 Å². The fourth-order valence-electron chi connectivity index (χ4n) is 1.11. The summed E-state index contributed by atoms with van der Waals surface area (Å²) in [5.74, 6) is -0.843. The molecule has 1 aliphatic carbocycles. The van der Waals surface area contributed by atoms with E-state index < -0.39 is 11.6 Å². The number of carbonyl (C=O) groups is 2. The van der Waals surface area contributed by atoms with Gasteiger partial charge in [-0.1, -0.05) is 36.5 Å². The smallest absolute Gasteiger partial charge is 0.229 e. The van der Waals surface area contributed by atoms with Crippen LogP contribution in [-0.4, -0.2) is 11.6 Å². The van der Waals surface area contributed by atoms with Crippen LogP contribution in [-0.2, 0) is 9.59 Å². The molecule has 2 heteroatoms. The molecule has 0 saturated carbocycles. The highest BCUT2D eigenvalue weighted by Crippen LogP contribution is 2.10. The van der Waals surface area contributed by atoms with Gasteiger partial charge in [-0.25, -0.2) is 0 Å². The summed E-state index contributed by atoms with van der Waals surface area (Å²) in [6, 6.07) is 0. The molecule has 72 valence electrons. The van der Waals surface area contributed by atoms with Crippen molar-refractivity contribution in [1.29, 1.82) is 0 Å². The minimum atomic E-state index is -0.439. The Hall–Kier alpha value is -1.70. The number of rotatable bonds is 3. The Kier molecular flexibility index (Phi) is 3.35. The van der Waals surface area contributed by atoms with Crippen LogP contribution in [0.15, 0.2) is 48.1 Å². The van der Waals surface area contributed by atoms with Crippen molar-refractivity contribution in [3.8, 4) is 0 Å². The minimum absolute atomic E-state index is 0.404. The molecule has 0 aromatic heterocycles. The molecule has 1 aliphatic rings. The highest BCUT2D eigenvalue weighted by atomic mass is 16.2. The van der Waals surface area contributed by atoms with Crippen molar-refractivity contribution < 1.29 is 9.59 Å². The largest absolute Gasteiger partial charge is 0.286 e. The number of allylic oxidation sites excluding steroid dienone is 7. The molecule has 0 aliphatic heterocycles. The van der Waals surface area contributed by atoms with E-state index in [4.69, 9.17) is 0 Å². The second-order valence-electron chi connectivity index (χ2n) is 3.20. The zero-order valence-corrected chi connectivity index (χ0v) is 8.12. The molecular weight excluding hydrogens is 176 g/mol. The van der Waals surface area contributed by atoms with Crippen LogP contribution in [0.5, 0.6) is 0 Å². The van der Waals surface area contributed by atoms with Gasteiger partial charge in [0.05, 0.1) is 0 Å². The zero-order valence-electron chi connectivity index (χ0n) is 8.12. The number of Topliss-reactive ketones (excluding diaryl/α,β-unsaturated/α-hetero) is 1. The molecule has 2 nitrogen and oxygen atoms in total. The van der Waals surface area contributed by atoms with Gasteiger partial charge < -0.3 is 0 Å². The SMILES string of the molecule is C=C(C)C=CCC1=CC=CC(=O)C1=O. The fourth-order valence-corrected chi connectivity index (χ4v) is 1.11. The van der Waals surface area contributed by atoms with E-state index in [1.54, 1.807) is 12.2 Å². The first kappa shape index (κ1) is 10.4. The third kappa shape index (κ3) is 2.66. The molecule has 0 aromatic rings. The van der Waals surface area contributed by atoms with Crippen LogP contribution in [0, 0.1) is 0 Å². The lowest BCUT2D eigenvalue weighted by molar-refractivity contribution is -0.131. The first-order valence-corrected chi connectivity index (χ1v) is 4.39. The molecule has 0 unspecified atom stereocenters. The van der Waals surface area contributed by atoms with Crippen molar-refractivity contribution in [2.45, 2.75) is 13.3 Å². The highest BCUT2D eigenvalue weighted by Gasteiger charge is 2.17. The Balaban J connectivity index is 2.66. The molecule has 0 fully saturated rings. The van der Waals surface area contributed by atoms with Crippen molar-refractivity contribution in [2.24, 2.45) is 0 Å². The zero-order chi connectivity index (χ0) is 10.6. The van der Waals surface area contributed by atoms with Gasteiger partial charge in [0.15, 0.2) is 0 Å². The van der Waals surface area contributed by atoms with Gasteiger partial charge in [-0.3, -0.25) is 9.59 Å². The maximum absolute atomic E-state index is 11.3. The van der Waals surface area contributed by atoms with Crippen molar-refractivity contribution >= 4 is 11.6 Å². The average Bonchev–Trinajstić information content (AvgIpc) is 2.12. The Bertz CT molecular complexity index is 368. The number of hydrogen-bond donors (Lipinski definition) is 0. The lowest BCUT2D eigenvalue weighted by atomic mass is 9.99. The quantitative estimate of drug-likeness (QED) is 0.386. The molecule has 0 spiro atoms. The number of hydrogen-bond acceptors (Lipinski definition) is 2. The van der Waals surface area contributed by atoms with Crippen molar-refractivity contribution in [3.63, 3.8) is 0 Å². The van der Waals surface area contributed by atoms with Gasteiger partial charge in [0, 0.05) is 5.57 Å². The van der Waals surface area contributed by atoms with E-state index in [-0.39, 0.29) is 0 Å². The summed E-state index contributed by atoms with van der Waals surface area (Å²) in [5, 5.41) is 0. The Morgan fingerprint density at radius 3 is 2.86 bits per heavy atom. The summed E-state index contributed by atoms with van der Waals surface area (Å²) < 4.78 is 0. The summed E-state index contributed by atoms with van der Waals surface area (Å²) in [4.78, 5) is 22.3. The summed E-state index contributed by atoms with van der Waals surface area (Å²) >= 11 is 0. The normalized spacial score (nSPS) is 16.2. The molecule has 0 saturated heterocycles. The van der Waals surface area contributed by atoms with Crippen molar-refractivity contribution in [1.82, 2.24) is 0 Å².